The van der Waals surface area contributed by atoms with E-state index in [9.17, 15) is 4.79 Å². The number of benzene rings is 2. The van der Waals surface area contributed by atoms with E-state index in [2.05, 4.69) is 5.32 Å². The van der Waals surface area contributed by atoms with Crippen LogP contribution >= 0.6 is 0 Å². The number of hydrogen-bond acceptors (Lipinski definition) is 3. The van der Waals surface area contributed by atoms with Gasteiger partial charge in [-0.3, -0.25) is 4.79 Å². The SMILES string of the molecule is Cc1ccccc1OCC(=O)NCCOCc1ccccc1. The van der Waals surface area contributed by atoms with Gasteiger partial charge in [-0.05, 0) is 24.1 Å². The van der Waals surface area contributed by atoms with Crippen molar-refractivity contribution in [2.75, 3.05) is 19.8 Å². The van der Waals surface area contributed by atoms with Crippen LogP contribution in [0, 0.1) is 6.92 Å². The molecule has 1 amide bonds. The van der Waals surface area contributed by atoms with Crippen molar-refractivity contribution >= 4 is 5.91 Å². The van der Waals surface area contributed by atoms with E-state index < -0.39 is 0 Å². The number of nitrogens with one attached hydrogen (secondary N) is 1. The maximum absolute atomic E-state index is 11.7. The van der Waals surface area contributed by atoms with Gasteiger partial charge in [-0.15, -0.1) is 0 Å². The van der Waals surface area contributed by atoms with Gasteiger partial charge in [0.25, 0.3) is 5.91 Å². The van der Waals surface area contributed by atoms with Crippen LogP contribution in [0.15, 0.2) is 54.6 Å². The van der Waals surface area contributed by atoms with Crippen molar-refractivity contribution in [2.24, 2.45) is 0 Å². The Kier molecular flexibility index (Phi) is 6.45. The van der Waals surface area contributed by atoms with Crippen molar-refractivity contribution in [2.45, 2.75) is 13.5 Å². The van der Waals surface area contributed by atoms with Crippen LogP contribution in [0.1, 0.15) is 11.1 Å². The minimum atomic E-state index is -0.147. The predicted molar refractivity (Wildman–Crippen MR) is 85.8 cm³/mol. The van der Waals surface area contributed by atoms with Crippen LogP contribution in [0.3, 0.4) is 0 Å². The normalized spacial score (nSPS) is 10.2. The van der Waals surface area contributed by atoms with Crippen LogP contribution in [0.2, 0.25) is 0 Å². The van der Waals surface area contributed by atoms with Gasteiger partial charge in [0.2, 0.25) is 0 Å². The van der Waals surface area contributed by atoms with Gasteiger partial charge in [0.15, 0.2) is 6.61 Å². The van der Waals surface area contributed by atoms with E-state index in [1.807, 2.05) is 61.5 Å². The lowest BCUT2D eigenvalue weighted by atomic mass is 10.2. The minimum Gasteiger partial charge on any atom is -0.484 e. The second-order valence-corrected chi connectivity index (χ2v) is 4.94. The summed E-state index contributed by atoms with van der Waals surface area (Å²) in [5, 5.41) is 2.77. The van der Waals surface area contributed by atoms with Crippen LogP contribution < -0.4 is 10.1 Å². The molecular formula is C18H21NO3. The van der Waals surface area contributed by atoms with E-state index in [-0.39, 0.29) is 12.5 Å². The fourth-order valence-electron chi connectivity index (χ4n) is 1.94. The van der Waals surface area contributed by atoms with E-state index in [1.165, 1.54) is 0 Å². The lowest BCUT2D eigenvalue weighted by Crippen LogP contribution is -2.31. The van der Waals surface area contributed by atoms with Gasteiger partial charge >= 0.3 is 0 Å². The molecule has 2 rings (SSSR count). The molecule has 0 heterocycles. The zero-order valence-electron chi connectivity index (χ0n) is 12.7. The Balaban J connectivity index is 1.57. The molecule has 0 aliphatic heterocycles. The molecule has 0 radical (unpaired) electrons. The summed E-state index contributed by atoms with van der Waals surface area (Å²) in [6.45, 7) is 3.47. The highest BCUT2D eigenvalue weighted by Crippen LogP contribution is 2.15. The third-order valence-corrected chi connectivity index (χ3v) is 3.13. The number of para-hydroxylation sites is 1. The van der Waals surface area contributed by atoms with Crippen molar-refractivity contribution in [3.8, 4) is 5.75 Å². The molecular weight excluding hydrogens is 278 g/mol. The van der Waals surface area contributed by atoms with Crippen LogP contribution in [-0.4, -0.2) is 25.7 Å². The Labute approximate surface area is 131 Å². The van der Waals surface area contributed by atoms with Crippen molar-refractivity contribution < 1.29 is 14.3 Å². The molecule has 2 aromatic carbocycles. The molecule has 0 aromatic heterocycles. The molecule has 4 nitrogen and oxygen atoms in total. The first kappa shape index (κ1) is 16.0. The highest BCUT2D eigenvalue weighted by Gasteiger charge is 2.03. The topological polar surface area (TPSA) is 47.6 Å². The smallest absolute Gasteiger partial charge is 0.258 e. The van der Waals surface area contributed by atoms with E-state index in [0.717, 1.165) is 16.9 Å². The monoisotopic (exact) mass is 299 g/mol. The van der Waals surface area contributed by atoms with E-state index >= 15 is 0 Å². The van der Waals surface area contributed by atoms with Crippen molar-refractivity contribution in [1.29, 1.82) is 0 Å². The predicted octanol–water partition coefficient (Wildman–Crippen LogP) is 2.71. The van der Waals surface area contributed by atoms with Gasteiger partial charge in [0, 0.05) is 6.54 Å². The second kappa shape index (κ2) is 8.85. The lowest BCUT2D eigenvalue weighted by molar-refractivity contribution is -0.123. The molecule has 0 saturated heterocycles. The summed E-state index contributed by atoms with van der Waals surface area (Å²) in [4.78, 5) is 11.7. The molecule has 0 bridgehead atoms. The molecule has 116 valence electrons. The molecule has 4 heteroatoms. The van der Waals surface area contributed by atoms with E-state index in [4.69, 9.17) is 9.47 Å². The van der Waals surface area contributed by atoms with Gasteiger partial charge in [-0.1, -0.05) is 48.5 Å². The highest BCUT2D eigenvalue weighted by atomic mass is 16.5. The molecule has 2 aromatic rings. The number of rotatable bonds is 8. The maximum atomic E-state index is 11.7. The standard InChI is InChI=1S/C18H21NO3/c1-15-7-5-6-10-17(15)22-14-18(20)19-11-12-21-13-16-8-3-2-4-9-16/h2-10H,11-14H2,1H3,(H,19,20). The van der Waals surface area contributed by atoms with Crippen molar-refractivity contribution in [1.82, 2.24) is 5.32 Å². The molecule has 0 saturated carbocycles. The summed E-state index contributed by atoms with van der Waals surface area (Å²) >= 11 is 0. The van der Waals surface area contributed by atoms with Gasteiger partial charge in [0.1, 0.15) is 5.75 Å². The van der Waals surface area contributed by atoms with E-state index in [1.54, 1.807) is 0 Å². The minimum absolute atomic E-state index is 0.0174. The summed E-state index contributed by atoms with van der Waals surface area (Å²) in [7, 11) is 0. The van der Waals surface area contributed by atoms with Crippen LogP contribution in [0.25, 0.3) is 0 Å². The summed E-state index contributed by atoms with van der Waals surface area (Å²) in [6, 6.07) is 17.6. The van der Waals surface area contributed by atoms with Gasteiger partial charge in [0.05, 0.1) is 13.2 Å². The summed E-state index contributed by atoms with van der Waals surface area (Å²) in [5.41, 5.74) is 2.14. The quantitative estimate of drug-likeness (QED) is 0.762. The number of hydrogen-bond donors (Lipinski definition) is 1. The number of aryl methyl sites for hydroxylation is 1. The van der Waals surface area contributed by atoms with E-state index in [0.29, 0.717) is 19.8 Å². The first-order valence-corrected chi connectivity index (χ1v) is 7.32. The molecule has 0 unspecified atom stereocenters. The Morgan fingerprint density at radius 2 is 1.77 bits per heavy atom. The average molecular weight is 299 g/mol. The fraction of sp³-hybridized carbons (Fsp3) is 0.278. The molecule has 22 heavy (non-hydrogen) atoms. The summed E-state index contributed by atoms with van der Waals surface area (Å²) < 4.78 is 11.0. The van der Waals surface area contributed by atoms with Crippen LogP contribution in [-0.2, 0) is 16.1 Å². The molecule has 1 N–H and O–H groups in total. The zero-order chi connectivity index (χ0) is 15.6. The van der Waals surface area contributed by atoms with Gasteiger partial charge < -0.3 is 14.8 Å². The Bertz CT molecular complexity index is 584. The zero-order valence-corrected chi connectivity index (χ0v) is 12.7. The van der Waals surface area contributed by atoms with Crippen molar-refractivity contribution in [3.05, 3.63) is 65.7 Å². The highest BCUT2D eigenvalue weighted by molar-refractivity contribution is 5.77. The lowest BCUT2D eigenvalue weighted by Gasteiger charge is -2.09. The third kappa shape index (κ3) is 5.58. The molecule has 0 spiro atoms. The molecule has 0 aliphatic rings. The Morgan fingerprint density at radius 1 is 1.05 bits per heavy atom. The third-order valence-electron chi connectivity index (χ3n) is 3.13. The molecule has 0 fully saturated rings. The second-order valence-electron chi connectivity index (χ2n) is 4.94. The Hall–Kier alpha value is -2.33. The summed E-state index contributed by atoms with van der Waals surface area (Å²) in [6.07, 6.45) is 0. The van der Waals surface area contributed by atoms with Gasteiger partial charge in [-0.2, -0.15) is 0 Å². The molecule has 0 atom stereocenters. The number of ether oxygens (including phenoxy) is 2. The number of carbonyl (C=O) groups is 1. The van der Waals surface area contributed by atoms with Crippen LogP contribution in [0.4, 0.5) is 0 Å². The maximum Gasteiger partial charge on any atom is 0.258 e. The first-order chi connectivity index (χ1) is 10.8. The Morgan fingerprint density at radius 3 is 2.55 bits per heavy atom. The van der Waals surface area contributed by atoms with Crippen LogP contribution in [0.5, 0.6) is 5.75 Å². The van der Waals surface area contributed by atoms with Gasteiger partial charge in [-0.25, -0.2) is 0 Å². The largest absolute Gasteiger partial charge is 0.484 e. The fourth-order valence-corrected chi connectivity index (χ4v) is 1.94. The number of carbonyl (C=O) groups excluding carboxylic acids is 1. The summed E-state index contributed by atoms with van der Waals surface area (Å²) in [5.74, 6) is 0.588. The molecule has 0 aliphatic carbocycles. The average Bonchev–Trinajstić information content (AvgIpc) is 2.55. The first-order valence-electron chi connectivity index (χ1n) is 7.32. The number of amides is 1. The van der Waals surface area contributed by atoms with Crippen molar-refractivity contribution in [3.63, 3.8) is 0 Å².